The minimum atomic E-state index is -0.456. The summed E-state index contributed by atoms with van der Waals surface area (Å²) in [4.78, 5) is 13.4. The van der Waals surface area contributed by atoms with Gasteiger partial charge in [-0.2, -0.15) is 0 Å². The molecule has 0 bridgehead atoms. The van der Waals surface area contributed by atoms with Crippen molar-refractivity contribution in [1.29, 1.82) is 0 Å². The van der Waals surface area contributed by atoms with Gasteiger partial charge in [0.05, 0.1) is 18.8 Å². The van der Waals surface area contributed by atoms with E-state index in [0.29, 0.717) is 54.4 Å². The lowest BCUT2D eigenvalue weighted by Crippen LogP contribution is -2.65. The van der Waals surface area contributed by atoms with E-state index in [9.17, 15) is 9.90 Å². The van der Waals surface area contributed by atoms with Crippen LogP contribution < -0.4 is 5.32 Å². The van der Waals surface area contributed by atoms with E-state index >= 15 is 0 Å². The van der Waals surface area contributed by atoms with Crippen molar-refractivity contribution in [2.45, 2.75) is 139 Å². The van der Waals surface area contributed by atoms with Gasteiger partial charge in [0.1, 0.15) is 5.78 Å². The van der Waals surface area contributed by atoms with Crippen LogP contribution in [0.1, 0.15) is 127 Å². The Labute approximate surface area is 258 Å². The van der Waals surface area contributed by atoms with Crippen LogP contribution in [-0.2, 0) is 9.53 Å². The van der Waals surface area contributed by atoms with E-state index < -0.39 is 6.10 Å². The highest BCUT2D eigenvalue weighted by Gasteiger charge is 2.69. The maximum absolute atomic E-state index is 13.4. The second kappa shape index (κ2) is 11.3. The van der Waals surface area contributed by atoms with Crippen LogP contribution in [0, 0.1) is 62.6 Å². The molecule has 0 heterocycles. The Morgan fingerprint density at radius 3 is 2.36 bits per heavy atom. The number of Topliss-reactive ketones (excluding diaryl/α,β-unsaturated/α-hetero) is 1. The molecule has 0 radical (unpaired) electrons. The predicted molar refractivity (Wildman–Crippen MR) is 173 cm³/mol. The van der Waals surface area contributed by atoms with Crippen LogP contribution in [0.2, 0.25) is 0 Å². The first-order valence-electron chi connectivity index (χ1n) is 17.8. The Morgan fingerprint density at radius 2 is 1.69 bits per heavy atom. The first-order chi connectivity index (χ1) is 19.5. The molecule has 0 aromatic carbocycles. The van der Waals surface area contributed by atoms with Crippen LogP contribution >= 0.6 is 0 Å². The van der Waals surface area contributed by atoms with Crippen molar-refractivity contribution in [3.05, 3.63) is 11.6 Å². The molecule has 11 atom stereocenters. The third-order valence-electron chi connectivity index (χ3n) is 15.1. The zero-order valence-corrected chi connectivity index (χ0v) is 28.9. The van der Waals surface area contributed by atoms with Crippen LogP contribution in [0.3, 0.4) is 0 Å². The molecule has 5 aliphatic rings. The van der Waals surface area contributed by atoms with E-state index in [1.54, 1.807) is 5.57 Å². The molecule has 0 aliphatic heterocycles. The van der Waals surface area contributed by atoms with Gasteiger partial charge in [-0.25, -0.2) is 0 Å². The van der Waals surface area contributed by atoms with Gasteiger partial charge in [-0.3, -0.25) is 4.79 Å². The number of aliphatic hydroxyl groups is 1. The second-order valence-electron chi connectivity index (χ2n) is 17.7. The van der Waals surface area contributed by atoms with Crippen molar-refractivity contribution >= 4 is 5.78 Å². The molecule has 2 unspecified atom stereocenters. The largest absolute Gasteiger partial charge is 0.389 e. The third-order valence-corrected chi connectivity index (χ3v) is 15.1. The molecule has 0 aromatic rings. The summed E-state index contributed by atoms with van der Waals surface area (Å²) in [6, 6.07) is 0. The van der Waals surface area contributed by atoms with Crippen LogP contribution in [-0.4, -0.2) is 42.8 Å². The van der Waals surface area contributed by atoms with Gasteiger partial charge in [0.15, 0.2) is 0 Å². The molecule has 0 amide bonds. The number of hydrogen-bond acceptors (Lipinski definition) is 4. The van der Waals surface area contributed by atoms with E-state index in [2.05, 4.69) is 73.7 Å². The quantitative estimate of drug-likeness (QED) is 0.283. The van der Waals surface area contributed by atoms with Crippen molar-refractivity contribution in [2.75, 3.05) is 19.7 Å². The van der Waals surface area contributed by atoms with Gasteiger partial charge in [0.2, 0.25) is 0 Å². The average molecular weight is 584 g/mol. The summed E-state index contributed by atoms with van der Waals surface area (Å²) < 4.78 is 6.56. The maximum Gasteiger partial charge on any atom is 0.136 e. The van der Waals surface area contributed by atoms with E-state index in [0.717, 1.165) is 25.8 Å². The molecule has 4 nitrogen and oxygen atoms in total. The molecule has 42 heavy (non-hydrogen) atoms. The number of nitrogens with one attached hydrogen (secondary N) is 1. The normalized spacial score (nSPS) is 47.0. The number of aliphatic hydroxyl groups excluding tert-OH is 1. The number of ether oxygens (including phenoxy) is 1. The SMILES string of the molecule is CC(=O)[C@]12CC[C@@H](C)[C@H](C)[C@H]1C1=CC[C@@H]3[C@@]4(C)CC[C@H](OCC(O)CNCC(C)C)C(C)(C)C4CC[C@@]3(C)[C@]1(C)CC2. The van der Waals surface area contributed by atoms with Crippen molar-refractivity contribution in [3.8, 4) is 0 Å². The summed E-state index contributed by atoms with van der Waals surface area (Å²) in [5.41, 5.74) is 2.33. The highest BCUT2D eigenvalue weighted by molar-refractivity contribution is 5.84. The molecule has 5 aliphatic carbocycles. The van der Waals surface area contributed by atoms with E-state index in [-0.39, 0.29) is 33.2 Å². The average Bonchev–Trinajstić information content (AvgIpc) is 2.90. The van der Waals surface area contributed by atoms with Gasteiger partial charge < -0.3 is 15.2 Å². The number of rotatable bonds is 8. The molecule has 4 fully saturated rings. The van der Waals surface area contributed by atoms with E-state index in [1.165, 1.54) is 38.5 Å². The van der Waals surface area contributed by atoms with Gasteiger partial charge in [-0.1, -0.05) is 74.0 Å². The van der Waals surface area contributed by atoms with Crippen LogP contribution in [0.4, 0.5) is 0 Å². The Bertz CT molecular complexity index is 1050. The standard InChI is InChI=1S/C38H65NO3/c1-24(2)21-39-22-28(41)23-42-32-15-16-35(8)30(34(32,6)7)14-17-37(10)31(35)12-11-29-33-26(4)25(3)13-18-38(33,27(5)40)20-19-36(29,37)9/h11,24-26,28,30-33,39,41H,12-23H2,1-10H3/t25-,26+,28?,30?,31-,32+,33+,35+,36-,37-,38-/m1/s1. The van der Waals surface area contributed by atoms with Crippen LogP contribution in [0.5, 0.6) is 0 Å². The Morgan fingerprint density at radius 1 is 0.976 bits per heavy atom. The lowest BCUT2D eigenvalue weighted by atomic mass is 9.33. The van der Waals surface area contributed by atoms with Gasteiger partial charge in [0, 0.05) is 12.0 Å². The second-order valence-corrected chi connectivity index (χ2v) is 17.7. The molecular weight excluding hydrogens is 518 g/mol. The highest BCUT2D eigenvalue weighted by atomic mass is 16.5. The summed E-state index contributed by atoms with van der Waals surface area (Å²) in [5.74, 6) is 3.99. The summed E-state index contributed by atoms with van der Waals surface area (Å²) in [7, 11) is 0. The van der Waals surface area contributed by atoms with Crippen molar-refractivity contribution in [2.24, 2.45) is 62.6 Å². The summed E-state index contributed by atoms with van der Waals surface area (Å²) in [6.07, 6.45) is 13.0. The van der Waals surface area contributed by atoms with Crippen molar-refractivity contribution in [1.82, 2.24) is 5.32 Å². The third kappa shape index (κ3) is 4.82. The van der Waals surface area contributed by atoms with Gasteiger partial charge in [0.25, 0.3) is 0 Å². The fourth-order valence-electron chi connectivity index (χ4n) is 12.2. The Kier molecular flexibility index (Phi) is 8.77. The zero-order chi connectivity index (χ0) is 30.9. The molecule has 0 aromatic heterocycles. The monoisotopic (exact) mass is 583 g/mol. The number of fused-ring (bicyclic) bond motifs is 7. The lowest BCUT2D eigenvalue weighted by Gasteiger charge is -2.71. The van der Waals surface area contributed by atoms with Gasteiger partial charge >= 0.3 is 0 Å². The van der Waals surface area contributed by atoms with Gasteiger partial charge in [-0.05, 0) is 128 Å². The minimum Gasteiger partial charge on any atom is -0.389 e. The molecule has 4 heteroatoms. The zero-order valence-electron chi connectivity index (χ0n) is 28.9. The van der Waals surface area contributed by atoms with Crippen molar-refractivity contribution in [3.63, 3.8) is 0 Å². The van der Waals surface area contributed by atoms with E-state index in [4.69, 9.17) is 4.74 Å². The topological polar surface area (TPSA) is 58.6 Å². The Hall–Kier alpha value is -0.710. The van der Waals surface area contributed by atoms with Crippen LogP contribution in [0.15, 0.2) is 11.6 Å². The first-order valence-corrected chi connectivity index (χ1v) is 17.8. The summed E-state index contributed by atoms with van der Waals surface area (Å²) in [6.45, 7) is 26.0. The predicted octanol–water partition coefficient (Wildman–Crippen LogP) is 8.22. The molecular formula is C38H65NO3. The Balaban J connectivity index is 1.39. The minimum absolute atomic E-state index is 0.0774. The van der Waals surface area contributed by atoms with Gasteiger partial charge in [-0.15, -0.1) is 0 Å². The smallest absolute Gasteiger partial charge is 0.136 e. The molecule has 0 saturated heterocycles. The molecule has 0 spiro atoms. The van der Waals surface area contributed by atoms with Crippen LogP contribution in [0.25, 0.3) is 0 Å². The number of ketones is 1. The molecule has 240 valence electrons. The first kappa shape index (κ1) is 32.7. The van der Waals surface area contributed by atoms with E-state index in [1.807, 2.05) is 6.92 Å². The molecule has 5 rings (SSSR count). The highest BCUT2D eigenvalue weighted by Crippen LogP contribution is 2.75. The number of carbonyl (C=O) groups is 1. The molecule has 2 N–H and O–H groups in total. The fourth-order valence-corrected chi connectivity index (χ4v) is 12.2. The maximum atomic E-state index is 13.4. The number of hydrogen-bond donors (Lipinski definition) is 2. The fraction of sp³-hybridized carbons (Fsp3) is 0.921. The number of allylic oxidation sites excluding steroid dienone is 2. The van der Waals surface area contributed by atoms with Crippen molar-refractivity contribution < 1.29 is 14.6 Å². The summed E-state index contributed by atoms with van der Waals surface area (Å²) in [5, 5.41) is 14.0. The molecule has 4 saturated carbocycles. The summed E-state index contributed by atoms with van der Waals surface area (Å²) >= 11 is 0. The number of carbonyl (C=O) groups excluding carboxylic acids is 1. The lowest BCUT2D eigenvalue weighted by molar-refractivity contribution is -0.215.